The van der Waals surface area contributed by atoms with Gasteiger partial charge in [0.15, 0.2) is 0 Å². The Balaban J connectivity index is 2.45. The van der Waals surface area contributed by atoms with E-state index in [9.17, 15) is 4.79 Å². The van der Waals surface area contributed by atoms with E-state index in [0.717, 1.165) is 25.2 Å². The molecule has 0 amide bonds. The van der Waals surface area contributed by atoms with Gasteiger partial charge < -0.3 is 0 Å². The maximum Gasteiger partial charge on any atom is 0.133 e. The van der Waals surface area contributed by atoms with Crippen LogP contribution in [0.25, 0.3) is 0 Å². The molecule has 1 aliphatic rings. The van der Waals surface area contributed by atoms with Gasteiger partial charge in [-0.05, 0) is 18.3 Å². The number of hydrogen-bond donors (Lipinski definition) is 0. The van der Waals surface area contributed by atoms with Gasteiger partial charge in [-0.15, -0.1) is 0 Å². The van der Waals surface area contributed by atoms with E-state index in [0.29, 0.717) is 11.7 Å². The number of rotatable bonds is 3. The van der Waals surface area contributed by atoms with Crippen LogP contribution in [0.1, 0.15) is 52.4 Å². The molecule has 70 valence electrons. The third-order valence-electron chi connectivity index (χ3n) is 3.13. The van der Waals surface area contributed by atoms with Crippen molar-refractivity contribution in [3.8, 4) is 0 Å². The quantitative estimate of drug-likeness (QED) is 0.632. The Morgan fingerprint density at radius 1 is 1.33 bits per heavy atom. The second kappa shape index (κ2) is 4.64. The van der Waals surface area contributed by atoms with Crippen molar-refractivity contribution in [2.24, 2.45) is 11.8 Å². The normalized spacial score (nSPS) is 30.7. The van der Waals surface area contributed by atoms with Crippen molar-refractivity contribution < 1.29 is 4.79 Å². The SMILES string of the molecule is CCCC1CC(=O)CCC1CC. The minimum Gasteiger partial charge on any atom is -0.300 e. The van der Waals surface area contributed by atoms with Gasteiger partial charge in [-0.2, -0.15) is 0 Å². The summed E-state index contributed by atoms with van der Waals surface area (Å²) >= 11 is 0. The Bertz CT molecular complexity index is 151. The van der Waals surface area contributed by atoms with Gasteiger partial charge in [-0.3, -0.25) is 4.79 Å². The zero-order valence-corrected chi connectivity index (χ0v) is 8.31. The molecule has 0 radical (unpaired) electrons. The molecule has 2 unspecified atom stereocenters. The van der Waals surface area contributed by atoms with Gasteiger partial charge in [-0.25, -0.2) is 0 Å². The van der Waals surface area contributed by atoms with E-state index in [1.54, 1.807) is 0 Å². The van der Waals surface area contributed by atoms with E-state index in [-0.39, 0.29) is 0 Å². The van der Waals surface area contributed by atoms with Crippen LogP contribution >= 0.6 is 0 Å². The summed E-state index contributed by atoms with van der Waals surface area (Å²) in [6.45, 7) is 4.47. The standard InChI is InChI=1S/C11H20O/c1-3-5-10-8-11(12)7-6-9(10)4-2/h9-10H,3-8H2,1-2H3. The third kappa shape index (κ3) is 2.33. The van der Waals surface area contributed by atoms with Gasteiger partial charge in [0.2, 0.25) is 0 Å². The summed E-state index contributed by atoms with van der Waals surface area (Å²) in [6.07, 6.45) is 6.61. The minimum atomic E-state index is 0.498. The number of carbonyl (C=O) groups is 1. The zero-order chi connectivity index (χ0) is 8.97. The summed E-state index contributed by atoms with van der Waals surface area (Å²) in [7, 11) is 0. The molecule has 1 fully saturated rings. The Kier molecular flexibility index (Phi) is 3.77. The minimum absolute atomic E-state index is 0.498. The zero-order valence-electron chi connectivity index (χ0n) is 8.31. The van der Waals surface area contributed by atoms with Gasteiger partial charge in [-0.1, -0.05) is 33.1 Å². The van der Waals surface area contributed by atoms with Crippen LogP contribution in [0.4, 0.5) is 0 Å². The number of hydrogen-bond acceptors (Lipinski definition) is 1. The van der Waals surface area contributed by atoms with Crippen molar-refractivity contribution >= 4 is 5.78 Å². The Labute approximate surface area is 75.5 Å². The van der Waals surface area contributed by atoms with Gasteiger partial charge in [0, 0.05) is 12.8 Å². The highest BCUT2D eigenvalue weighted by molar-refractivity contribution is 5.79. The first-order chi connectivity index (χ1) is 5.77. The van der Waals surface area contributed by atoms with Crippen LogP contribution in [-0.4, -0.2) is 5.78 Å². The molecule has 1 rings (SSSR count). The van der Waals surface area contributed by atoms with E-state index in [1.165, 1.54) is 19.3 Å². The van der Waals surface area contributed by atoms with E-state index in [4.69, 9.17) is 0 Å². The molecule has 0 bridgehead atoms. The summed E-state index contributed by atoms with van der Waals surface area (Å²) in [6, 6.07) is 0. The molecule has 0 spiro atoms. The smallest absolute Gasteiger partial charge is 0.133 e. The third-order valence-corrected chi connectivity index (χ3v) is 3.13. The van der Waals surface area contributed by atoms with E-state index < -0.39 is 0 Å². The van der Waals surface area contributed by atoms with Gasteiger partial charge >= 0.3 is 0 Å². The van der Waals surface area contributed by atoms with Crippen LogP contribution in [0.15, 0.2) is 0 Å². The summed E-state index contributed by atoms with van der Waals surface area (Å²) in [4.78, 5) is 11.2. The van der Waals surface area contributed by atoms with Gasteiger partial charge in [0.25, 0.3) is 0 Å². The molecule has 0 saturated heterocycles. The maximum atomic E-state index is 11.2. The van der Waals surface area contributed by atoms with Crippen molar-refractivity contribution in [2.75, 3.05) is 0 Å². The molecule has 1 aliphatic carbocycles. The van der Waals surface area contributed by atoms with Crippen LogP contribution in [0.2, 0.25) is 0 Å². The van der Waals surface area contributed by atoms with Crippen LogP contribution in [0.3, 0.4) is 0 Å². The second-order valence-corrected chi connectivity index (χ2v) is 4.00. The van der Waals surface area contributed by atoms with Crippen LogP contribution < -0.4 is 0 Å². The summed E-state index contributed by atoms with van der Waals surface area (Å²) in [5.41, 5.74) is 0. The lowest BCUT2D eigenvalue weighted by Crippen LogP contribution is -2.24. The first kappa shape index (κ1) is 9.76. The Hall–Kier alpha value is -0.330. The fourth-order valence-electron chi connectivity index (χ4n) is 2.39. The molecule has 2 atom stereocenters. The van der Waals surface area contributed by atoms with Crippen molar-refractivity contribution in [2.45, 2.75) is 52.4 Å². The molecule has 1 saturated carbocycles. The van der Waals surface area contributed by atoms with Crippen LogP contribution in [-0.2, 0) is 4.79 Å². The molecule has 12 heavy (non-hydrogen) atoms. The van der Waals surface area contributed by atoms with E-state index in [2.05, 4.69) is 13.8 Å². The average molecular weight is 168 g/mol. The number of carbonyl (C=O) groups excluding carboxylic acids is 1. The first-order valence-corrected chi connectivity index (χ1v) is 5.29. The monoisotopic (exact) mass is 168 g/mol. The fraction of sp³-hybridized carbons (Fsp3) is 0.909. The Morgan fingerprint density at radius 2 is 2.08 bits per heavy atom. The predicted octanol–water partition coefficient (Wildman–Crippen LogP) is 3.18. The molecule has 0 aromatic heterocycles. The lowest BCUT2D eigenvalue weighted by Gasteiger charge is -2.29. The summed E-state index contributed by atoms with van der Waals surface area (Å²) in [5.74, 6) is 2.04. The molecule has 0 aromatic rings. The van der Waals surface area contributed by atoms with Crippen LogP contribution in [0.5, 0.6) is 0 Å². The average Bonchev–Trinajstić information content (AvgIpc) is 2.05. The molecule has 0 N–H and O–H groups in total. The first-order valence-electron chi connectivity index (χ1n) is 5.29. The molecule has 0 aliphatic heterocycles. The van der Waals surface area contributed by atoms with Gasteiger partial charge in [0.05, 0.1) is 0 Å². The molecular weight excluding hydrogens is 148 g/mol. The largest absolute Gasteiger partial charge is 0.300 e. The van der Waals surface area contributed by atoms with Crippen LogP contribution in [0, 0.1) is 11.8 Å². The maximum absolute atomic E-state index is 11.2. The lowest BCUT2D eigenvalue weighted by atomic mass is 9.75. The molecule has 0 aromatic carbocycles. The Morgan fingerprint density at radius 3 is 2.67 bits per heavy atom. The second-order valence-electron chi connectivity index (χ2n) is 4.00. The highest BCUT2D eigenvalue weighted by atomic mass is 16.1. The summed E-state index contributed by atoms with van der Waals surface area (Å²) < 4.78 is 0. The molecule has 1 nitrogen and oxygen atoms in total. The van der Waals surface area contributed by atoms with Crippen molar-refractivity contribution in [1.82, 2.24) is 0 Å². The molecular formula is C11H20O. The van der Waals surface area contributed by atoms with Crippen molar-refractivity contribution in [3.05, 3.63) is 0 Å². The molecule has 1 heteroatoms. The highest BCUT2D eigenvalue weighted by Gasteiger charge is 2.26. The predicted molar refractivity (Wildman–Crippen MR) is 51.0 cm³/mol. The van der Waals surface area contributed by atoms with Crippen molar-refractivity contribution in [1.29, 1.82) is 0 Å². The van der Waals surface area contributed by atoms with Crippen molar-refractivity contribution in [3.63, 3.8) is 0 Å². The number of Topliss-reactive ketones (excluding diaryl/α,β-unsaturated/α-hetero) is 1. The fourth-order valence-corrected chi connectivity index (χ4v) is 2.39. The van der Waals surface area contributed by atoms with Gasteiger partial charge in [0.1, 0.15) is 5.78 Å². The van der Waals surface area contributed by atoms with E-state index in [1.807, 2.05) is 0 Å². The summed E-state index contributed by atoms with van der Waals surface area (Å²) in [5, 5.41) is 0. The highest BCUT2D eigenvalue weighted by Crippen LogP contribution is 2.33. The topological polar surface area (TPSA) is 17.1 Å². The molecule has 0 heterocycles. The lowest BCUT2D eigenvalue weighted by molar-refractivity contribution is -0.122. The number of ketones is 1. The van der Waals surface area contributed by atoms with E-state index >= 15 is 0 Å².